The number of hydrogen-bond acceptors (Lipinski definition) is 3. The Morgan fingerprint density at radius 3 is 2.80 bits per heavy atom. The number of furan rings is 1. The summed E-state index contributed by atoms with van der Waals surface area (Å²) in [7, 11) is 1.91. The first-order chi connectivity index (χ1) is 7.31. The van der Waals surface area contributed by atoms with E-state index < -0.39 is 0 Å². The van der Waals surface area contributed by atoms with E-state index in [2.05, 4.69) is 17.2 Å². The molecular weight excluding hydrogens is 188 g/mol. The average Bonchev–Trinajstić information content (AvgIpc) is 2.78. The number of hydrogen-bond donors (Lipinski definition) is 1. The van der Waals surface area contributed by atoms with E-state index in [-0.39, 0.29) is 6.04 Å². The molecule has 0 saturated heterocycles. The van der Waals surface area contributed by atoms with E-state index >= 15 is 0 Å². The normalized spacial score (nSPS) is 12.7. The fourth-order valence-corrected chi connectivity index (χ4v) is 1.37. The van der Waals surface area contributed by atoms with Gasteiger partial charge in [0.25, 0.3) is 0 Å². The van der Waals surface area contributed by atoms with Crippen LogP contribution < -0.4 is 5.32 Å². The molecule has 15 heavy (non-hydrogen) atoms. The smallest absolute Gasteiger partial charge is 0.152 e. The van der Waals surface area contributed by atoms with Crippen molar-refractivity contribution in [2.75, 3.05) is 7.05 Å². The van der Waals surface area contributed by atoms with Gasteiger partial charge in [-0.1, -0.05) is 6.07 Å². The van der Waals surface area contributed by atoms with Crippen LogP contribution >= 0.6 is 0 Å². The van der Waals surface area contributed by atoms with Crippen molar-refractivity contribution in [2.45, 2.75) is 13.0 Å². The summed E-state index contributed by atoms with van der Waals surface area (Å²) in [5.41, 5.74) is 0.868. The topological polar surface area (TPSA) is 38.1 Å². The molecule has 2 rings (SSSR count). The maximum atomic E-state index is 5.70. The van der Waals surface area contributed by atoms with Crippen LogP contribution in [0.25, 0.3) is 11.5 Å². The molecule has 1 atom stereocenters. The summed E-state index contributed by atoms with van der Waals surface area (Å²) in [4.78, 5) is 4.23. The highest BCUT2D eigenvalue weighted by Gasteiger charge is 2.09. The highest BCUT2D eigenvalue weighted by molar-refractivity contribution is 5.51. The summed E-state index contributed by atoms with van der Waals surface area (Å²) in [6.07, 6.45) is 1.76. The molecule has 2 aromatic heterocycles. The van der Waals surface area contributed by atoms with Crippen molar-refractivity contribution in [1.82, 2.24) is 10.3 Å². The maximum absolute atomic E-state index is 5.70. The Morgan fingerprint density at radius 2 is 2.13 bits per heavy atom. The highest BCUT2D eigenvalue weighted by atomic mass is 16.3. The highest BCUT2D eigenvalue weighted by Crippen LogP contribution is 2.23. The summed E-state index contributed by atoms with van der Waals surface area (Å²) in [5, 5.41) is 3.13. The van der Waals surface area contributed by atoms with E-state index in [4.69, 9.17) is 4.42 Å². The van der Waals surface area contributed by atoms with E-state index in [0.29, 0.717) is 0 Å². The molecule has 0 aliphatic rings. The van der Waals surface area contributed by atoms with E-state index in [9.17, 15) is 0 Å². The van der Waals surface area contributed by atoms with Crippen LogP contribution in [0.5, 0.6) is 0 Å². The van der Waals surface area contributed by atoms with Gasteiger partial charge in [0, 0.05) is 6.20 Å². The Kier molecular flexibility index (Phi) is 2.83. The Bertz CT molecular complexity index is 422. The zero-order valence-electron chi connectivity index (χ0n) is 8.90. The lowest BCUT2D eigenvalue weighted by atomic mass is 10.2. The van der Waals surface area contributed by atoms with E-state index in [1.807, 2.05) is 37.4 Å². The zero-order valence-corrected chi connectivity index (χ0v) is 8.90. The molecule has 2 aromatic rings. The van der Waals surface area contributed by atoms with Gasteiger partial charge in [0.1, 0.15) is 11.5 Å². The van der Waals surface area contributed by atoms with Gasteiger partial charge in [0.2, 0.25) is 0 Å². The first-order valence-electron chi connectivity index (χ1n) is 4.99. The Balaban J connectivity index is 2.28. The second kappa shape index (κ2) is 4.28. The lowest BCUT2D eigenvalue weighted by Gasteiger charge is -2.05. The minimum absolute atomic E-state index is 0.225. The molecule has 3 heteroatoms. The quantitative estimate of drug-likeness (QED) is 0.831. The van der Waals surface area contributed by atoms with Crippen molar-refractivity contribution >= 4 is 0 Å². The molecule has 0 bridgehead atoms. The molecule has 0 aromatic carbocycles. The van der Waals surface area contributed by atoms with Crippen LogP contribution in [0.4, 0.5) is 0 Å². The average molecular weight is 202 g/mol. The molecule has 0 saturated carbocycles. The third-order valence-corrected chi connectivity index (χ3v) is 2.40. The molecule has 1 N–H and O–H groups in total. The number of rotatable bonds is 3. The Morgan fingerprint density at radius 1 is 1.27 bits per heavy atom. The predicted molar refractivity (Wildman–Crippen MR) is 59.4 cm³/mol. The van der Waals surface area contributed by atoms with Gasteiger partial charge < -0.3 is 9.73 Å². The first kappa shape index (κ1) is 9.93. The summed E-state index contributed by atoms with van der Waals surface area (Å²) in [6, 6.07) is 9.93. The van der Waals surface area contributed by atoms with Gasteiger partial charge in [-0.3, -0.25) is 4.98 Å². The number of aromatic nitrogens is 1. The van der Waals surface area contributed by atoms with Gasteiger partial charge in [-0.15, -0.1) is 0 Å². The molecule has 0 aliphatic carbocycles. The summed E-state index contributed by atoms with van der Waals surface area (Å²) < 4.78 is 5.70. The fourth-order valence-electron chi connectivity index (χ4n) is 1.37. The van der Waals surface area contributed by atoms with Gasteiger partial charge in [-0.2, -0.15) is 0 Å². The lowest BCUT2D eigenvalue weighted by molar-refractivity contribution is 0.457. The van der Waals surface area contributed by atoms with Gasteiger partial charge in [0.05, 0.1) is 6.04 Å². The molecule has 0 fully saturated rings. The molecule has 78 valence electrons. The minimum Gasteiger partial charge on any atom is -0.458 e. The van der Waals surface area contributed by atoms with Gasteiger partial charge in [-0.05, 0) is 38.2 Å². The maximum Gasteiger partial charge on any atom is 0.152 e. The minimum atomic E-state index is 0.225. The van der Waals surface area contributed by atoms with Crippen molar-refractivity contribution in [3.63, 3.8) is 0 Å². The van der Waals surface area contributed by atoms with Crippen molar-refractivity contribution in [3.05, 3.63) is 42.3 Å². The van der Waals surface area contributed by atoms with Crippen molar-refractivity contribution < 1.29 is 4.42 Å². The van der Waals surface area contributed by atoms with Crippen molar-refractivity contribution in [2.24, 2.45) is 0 Å². The van der Waals surface area contributed by atoms with E-state index in [1.54, 1.807) is 6.20 Å². The molecular formula is C12H14N2O. The van der Waals surface area contributed by atoms with Crippen LogP contribution in [-0.2, 0) is 0 Å². The summed E-state index contributed by atoms with van der Waals surface area (Å²) in [6.45, 7) is 2.06. The van der Waals surface area contributed by atoms with Gasteiger partial charge >= 0.3 is 0 Å². The second-order valence-electron chi connectivity index (χ2n) is 3.43. The molecule has 0 amide bonds. The number of nitrogens with zero attached hydrogens (tertiary/aromatic N) is 1. The number of nitrogens with one attached hydrogen (secondary N) is 1. The second-order valence-corrected chi connectivity index (χ2v) is 3.43. The molecule has 1 unspecified atom stereocenters. The van der Waals surface area contributed by atoms with Crippen LogP contribution in [0.1, 0.15) is 18.7 Å². The molecule has 0 spiro atoms. The van der Waals surface area contributed by atoms with E-state index in [1.165, 1.54) is 0 Å². The van der Waals surface area contributed by atoms with Crippen LogP contribution in [0.2, 0.25) is 0 Å². The molecule has 0 aliphatic heterocycles. The van der Waals surface area contributed by atoms with Gasteiger partial charge in [0.15, 0.2) is 5.76 Å². The molecule has 0 radical (unpaired) electrons. The Hall–Kier alpha value is -1.61. The first-order valence-corrected chi connectivity index (χ1v) is 4.99. The standard InChI is InChI=1S/C12H14N2O/c1-9(13-2)11-6-7-12(15-11)10-5-3-4-8-14-10/h3-9,13H,1-2H3. The summed E-state index contributed by atoms with van der Waals surface area (Å²) >= 11 is 0. The SMILES string of the molecule is CNC(C)c1ccc(-c2ccccn2)o1. The van der Waals surface area contributed by atoms with Crippen LogP contribution in [0, 0.1) is 0 Å². The van der Waals surface area contributed by atoms with Gasteiger partial charge in [-0.25, -0.2) is 0 Å². The monoisotopic (exact) mass is 202 g/mol. The molecule has 3 nitrogen and oxygen atoms in total. The summed E-state index contributed by atoms with van der Waals surface area (Å²) in [5.74, 6) is 1.74. The third-order valence-electron chi connectivity index (χ3n) is 2.40. The Labute approximate surface area is 89.1 Å². The van der Waals surface area contributed by atoms with E-state index in [0.717, 1.165) is 17.2 Å². The third kappa shape index (κ3) is 2.07. The van der Waals surface area contributed by atoms with Crippen LogP contribution in [0.3, 0.4) is 0 Å². The molecule has 2 heterocycles. The largest absolute Gasteiger partial charge is 0.458 e. The zero-order chi connectivity index (χ0) is 10.7. The lowest BCUT2D eigenvalue weighted by Crippen LogP contribution is -2.11. The van der Waals surface area contributed by atoms with Crippen LogP contribution in [-0.4, -0.2) is 12.0 Å². The van der Waals surface area contributed by atoms with Crippen molar-refractivity contribution in [1.29, 1.82) is 0 Å². The van der Waals surface area contributed by atoms with Crippen molar-refractivity contribution in [3.8, 4) is 11.5 Å². The fraction of sp³-hybridized carbons (Fsp3) is 0.250. The van der Waals surface area contributed by atoms with Crippen LogP contribution in [0.15, 0.2) is 40.9 Å². The number of pyridine rings is 1. The predicted octanol–water partition coefficient (Wildman–Crippen LogP) is 2.62.